The summed E-state index contributed by atoms with van der Waals surface area (Å²) in [7, 11) is 1.53. The monoisotopic (exact) mass is 186 g/mol. The molecule has 0 amide bonds. The van der Waals surface area contributed by atoms with Crippen molar-refractivity contribution in [3.8, 4) is 0 Å². The van der Waals surface area contributed by atoms with E-state index in [0.29, 0.717) is 17.9 Å². The van der Waals surface area contributed by atoms with Crippen LogP contribution in [0.2, 0.25) is 0 Å². The van der Waals surface area contributed by atoms with Gasteiger partial charge < -0.3 is 9.47 Å². The molecule has 0 spiro atoms. The molecule has 0 saturated carbocycles. The maximum Gasteiger partial charge on any atom is 0.335 e. The zero-order valence-corrected chi connectivity index (χ0v) is 8.79. The fourth-order valence-corrected chi connectivity index (χ4v) is 0.797. The van der Waals surface area contributed by atoms with Crippen molar-refractivity contribution in [2.45, 2.75) is 33.5 Å². The Morgan fingerprint density at radius 2 is 2.00 bits per heavy atom. The summed E-state index contributed by atoms with van der Waals surface area (Å²) in [5.41, 5.74) is 0.394. The van der Waals surface area contributed by atoms with E-state index in [9.17, 15) is 4.79 Å². The molecule has 76 valence electrons. The van der Waals surface area contributed by atoms with Gasteiger partial charge in [-0.15, -0.1) is 0 Å². The van der Waals surface area contributed by atoms with Gasteiger partial charge >= 0.3 is 5.97 Å². The normalized spacial score (nSPS) is 12.7. The minimum atomic E-state index is -0.454. The highest BCUT2D eigenvalue weighted by Gasteiger charge is 2.15. The molecule has 0 fully saturated rings. The topological polar surface area (TPSA) is 35.5 Å². The highest BCUT2D eigenvalue weighted by atomic mass is 16.7. The van der Waals surface area contributed by atoms with Crippen LogP contribution in [0.3, 0.4) is 0 Å². The van der Waals surface area contributed by atoms with Crippen LogP contribution in [0.15, 0.2) is 12.2 Å². The Bertz CT molecular complexity index is 185. The molecule has 0 heterocycles. The molecule has 1 atom stereocenters. The quantitative estimate of drug-likeness (QED) is 0.375. The van der Waals surface area contributed by atoms with Crippen molar-refractivity contribution in [2.24, 2.45) is 5.92 Å². The number of esters is 1. The van der Waals surface area contributed by atoms with E-state index in [-0.39, 0.29) is 0 Å². The molecular formula is C10H18O3. The minimum Gasteiger partial charge on any atom is -0.432 e. The van der Waals surface area contributed by atoms with Crippen LogP contribution in [-0.4, -0.2) is 19.4 Å². The first-order chi connectivity index (χ1) is 5.97. The summed E-state index contributed by atoms with van der Waals surface area (Å²) in [6.07, 6.45) is 0.249. The first kappa shape index (κ1) is 12.2. The number of carbonyl (C=O) groups excluding carboxylic acids is 1. The largest absolute Gasteiger partial charge is 0.432 e. The van der Waals surface area contributed by atoms with E-state index in [4.69, 9.17) is 9.47 Å². The van der Waals surface area contributed by atoms with Crippen molar-refractivity contribution in [1.82, 2.24) is 0 Å². The highest BCUT2D eigenvalue weighted by molar-refractivity contribution is 5.86. The van der Waals surface area contributed by atoms with E-state index in [1.54, 1.807) is 6.92 Å². The Morgan fingerprint density at radius 1 is 1.46 bits per heavy atom. The van der Waals surface area contributed by atoms with Gasteiger partial charge in [0.15, 0.2) is 0 Å². The van der Waals surface area contributed by atoms with Gasteiger partial charge in [0.25, 0.3) is 0 Å². The molecule has 1 unspecified atom stereocenters. The fraction of sp³-hybridized carbons (Fsp3) is 0.700. The van der Waals surface area contributed by atoms with Crippen molar-refractivity contribution >= 4 is 5.97 Å². The van der Waals surface area contributed by atoms with Crippen LogP contribution in [0.4, 0.5) is 0 Å². The van der Waals surface area contributed by atoms with Gasteiger partial charge in [-0.05, 0) is 12.8 Å². The molecule has 0 rings (SSSR count). The van der Waals surface area contributed by atoms with Gasteiger partial charge in [-0.3, -0.25) is 0 Å². The summed E-state index contributed by atoms with van der Waals surface area (Å²) in [5.74, 6) is 0.0374. The van der Waals surface area contributed by atoms with Gasteiger partial charge in [0.05, 0.1) is 0 Å². The van der Waals surface area contributed by atoms with Crippen molar-refractivity contribution in [3.63, 3.8) is 0 Å². The molecule has 0 N–H and O–H groups in total. The summed E-state index contributed by atoms with van der Waals surface area (Å²) in [4.78, 5) is 11.1. The molecule has 3 heteroatoms. The van der Waals surface area contributed by atoms with Crippen LogP contribution in [0, 0.1) is 5.92 Å². The lowest BCUT2D eigenvalue weighted by molar-refractivity contribution is -0.171. The first-order valence-electron chi connectivity index (χ1n) is 4.36. The summed E-state index contributed by atoms with van der Waals surface area (Å²) < 4.78 is 10.0. The first-order valence-corrected chi connectivity index (χ1v) is 4.36. The smallest absolute Gasteiger partial charge is 0.335 e. The Hall–Kier alpha value is -0.830. The van der Waals surface area contributed by atoms with Gasteiger partial charge in [-0.1, -0.05) is 20.4 Å². The molecule has 0 saturated heterocycles. The van der Waals surface area contributed by atoms with Crippen LogP contribution >= 0.6 is 0 Å². The predicted molar refractivity (Wildman–Crippen MR) is 51.2 cm³/mol. The highest BCUT2D eigenvalue weighted by Crippen LogP contribution is 2.10. The van der Waals surface area contributed by atoms with E-state index < -0.39 is 12.3 Å². The van der Waals surface area contributed by atoms with Gasteiger partial charge in [-0.2, -0.15) is 0 Å². The summed E-state index contributed by atoms with van der Waals surface area (Å²) in [6.45, 7) is 9.19. The third-order valence-corrected chi connectivity index (χ3v) is 1.51. The zero-order chi connectivity index (χ0) is 10.4. The molecule has 0 aromatic carbocycles. The lowest BCUT2D eigenvalue weighted by Gasteiger charge is -2.17. The van der Waals surface area contributed by atoms with E-state index in [0.717, 1.165) is 0 Å². The average Bonchev–Trinajstić information content (AvgIpc) is 2.02. The van der Waals surface area contributed by atoms with Crippen LogP contribution in [0.5, 0.6) is 0 Å². The fourth-order valence-electron chi connectivity index (χ4n) is 0.797. The standard InChI is InChI=1S/C10H18O3/c1-7(2)6-9(12-5)13-10(11)8(3)4/h7,9H,3,6H2,1-2,4-5H3. The maximum atomic E-state index is 11.1. The number of ether oxygens (including phenoxy) is 2. The van der Waals surface area contributed by atoms with Crippen LogP contribution in [-0.2, 0) is 14.3 Å². The lowest BCUT2D eigenvalue weighted by atomic mass is 10.1. The Kier molecular flexibility index (Phi) is 5.39. The zero-order valence-electron chi connectivity index (χ0n) is 8.79. The van der Waals surface area contributed by atoms with Crippen molar-refractivity contribution in [3.05, 3.63) is 12.2 Å². The lowest BCUT2D eigenvalue weighted by Crippen LogP contribution is -2.22. The van der Waals surface area contributed by atoms with Crippen molar-refractivity contribution < 1.29 is 14.3 Å². The minimum absolute atomic E-state index is 0.394. The molecule has 3 nitrogen and oxygen atoms in total. The average molecular weight is 186 g/mol. The van der Waals surface area contributed by atoms with Gasteiger partial charge in [0, 0.05) is 19.1 Å². The third kappa shape index (κ3) is 5.42. The molecule has 0 aromatic rings. The third-order valence-electron chi connectivity index (χ3n) is 1.51. The number of rotatable bonds is 5. The van der Waals surface area contributed by atoms with Crippen LogP contribution in [0.1, 0.15) is 27.2 Å². The van der Waals surface area contributed by atoms with Crippen molar-refractivity contribution in [1.29, 1.82) is 0 Å². The Morgan fingerprint density at radius 3 is 2.31 bits per heavy atom. The van der Waals surface area contributed by atoms with E-state index >= 15 is 0 Å². The van der Waals surface area contributed by atoms with Crippen LogP contribution in [0.25, 0.3) is 0 Å². The van der Waals surface area contributed by atoms with Gasteiger partial charge in [0.2, 0.25) is 6.29 Å². The molecule has 0 radical (unpaired) electrons. The van der Waals surface area contributed by atoms with Crippen LogP contribution < -0.4 is 0 Å². The molecule has 0 aromatic heterocycles. The molecule has 0 bridgehead atoms. The van der Waals surface area contributed by atoms with Crippen molar-refractivity contribution in [2.75, 3.05) is 7.11 Å². The molecule has 0 aliphatic rings. The van der Waals surface area contributed by atoms with E-state index in [1.807, 2.05) is 13.8 Å². The second kappa shape index (κ2) is 5.75. The molecule has 0 aliphatic carbocycles. The maximum absolute atomic E-state index is 11.1. The predicted octanol–water partition coefficient (Wildman–Crippen LogP) is 2.12. The second-order valence-corrected chi connectivity index (χ2v) is 3.48. The van der Waals surface area contributed by atoms with E-state index in [1.165, 1.54) is 7.11 Å². The Labute approximate surface area is 79.7 Å². The summed E-state index contributed by atoms with van der Waals surface area (Å²) >= 11 is 0. The summed E-state index contributed by atoms with van der Waals surface area (Å²) in [5, 5.41) is 0. The Balaban J connectivity index is 3.97. The molecule has 0 aliphatic heterocycles. The molecule has 13 heavy (non-hydrogen) atoms. The second-order valence-electron chi connectivity index (χ2n) is 3.48. The molecular weight excluding hydrogens is 168 g/mol. The number of hydrogen-bond acceptors (Lipinski definition) is 3. The van der Waals surface area contributed by atoms with Gasteiger partial charge in [0.1, 0.15) is 0 Å². The van der Waals surface area contributed by atoms with E-state index in [2.05, 4.69) is 6.58 Å². The SMILES string of the molecule is C=C(C)C(=O)OC(CC(C)C)OC. The number of carbonyl (C=O) groups is 1. The van der Waals surface area contributed by atoms with Gasteiger partial charge in [-0.25, -0.2) is 4.79 Å². The number of methoxy groups -OCH3 is 1. The summed E-state index contributed by atoms with van der Waals surface area (Å²) in [6, 6.07) is 0. The number of hydrogen-bond donors (Lipinski definition) is 0.